The first-order valence-electron chi connectivity index (χ1n) is 6.09. The number of nitrogens with one attached hydrogen (secondary N) is 1. The van der Waals surface area contributed by atoms with E-state index in [-0.39, 0.29) is 17.4 Å². The fraction of sp³-hybridized carbons (Fsp3) is 0.200. The molecule has 0 unspecified atom stereocenters. The number of benzene rings is 2. The van der Waals surface area contributed by atoms with Crippen LogP contribution in [0.4, 0.5) is 8.78 Å². The highest BCUT2D eigenvalue weighted by Crippen LogP contribution is 2.14. The first-order valence-corrected chi connectivity index (χ1v) is 6.09. The molecule has 2 aromatic rings. The van der Waals surface area contributed by atoms with Gasteiger partial charge in [-0.25, -0.2) is 8.78 Å². The predicted molar refractivity (Wildman–Crippen MR) is 70.0 cm³/mol. The maximum absolute atomic E-state index is 13.3. The molecule has 2 aromatic carbocycles. The van der Waals surface area contributed by atoms with Gasteiger partial charge in [-0.2, -0.15) is 0 Å². The summed E-state index contributed by atoms with van der Waals surface area (Å²) in [5, 5.41) is 3.04. The van der Waals surface area contributed by atoms with Gasteiger partial charge < -0.3 is 10.1 Å². The minimum absolute atomic E-state index is 0.231. The number of para-hydroxylation sites is 1. The molecule has 0 saturated heterocycles. The minimum atomic E-state index is -0.378. The lowest BCUT2D eigenvalue weighted by Gasteiger charge is -2.08. The van der Waals surface area contributed by atoms with Gasteiger partial charge in [0.2, 0.25) is 0 Å². The standard InChI is InChI=1S/C15H15F2NO/c16-13-6-2-1-5-12(13)11-18-9-10-19-15-8-4-3-7-14(15)17/h1-8,18H,9-11H2. The van der Waals surface area contributed by atoms with Gasteiger partial charge in [-0.15, -0.1) is 0 Å². The Kier molecular flexibility index (Phi) is 4.86. The topological polar surface area (TPSA) is 21.3 Å². The third-order valence-electron chi connectivity index (χ3n) is 2.65. The molecular formula is C15H15F2NO. The van der Waals surface area contributed by atoms with Gasteiger partial charge in [-0.1, -0.05) is 30.3 Å². The number of halogens is 2. The van der Waals surface area contributed by atoms with Crippen LogP contribution in [0, 0.1) is 11.6 Å². The third-order valence-corrected chi connectivity index (χ3v) is 2.65. The van der Waals surface area contributed by atoms with Crippen LogP contribution in [0.3, 0.4) is 0 Å². The quantitative estimate of drug-likeness (QED) is 0.808. The zero-order valence-electron chi connectivity index (χ0n) is 10.4. The molecule has 0 aromatic heterocycles. The van der Waals surface area contributed by atoms with Crippen LogP contribution < -0.4 is 10.1 Å². The van der Waals surface area contributed by atoms with Gasteiger partial charge in [-0.3, -0.25) is 0 Å². The number of hydrogen-bond donors (Lipinski definition) is 1. The Bertz CT molecular complexity index is 484. The zero-order chi connectivity index (χ0) is 13.5. The predicted octanol–water partition coefficient (Wildman–Crippen LogP) is 3.13. The average Bonchev–Trinajstić information content (AvgIpc) is 2.42. The van der Waals surface area contributed by atoms with E-state index in [0.29, 0.717) is 25.3 Å². The van der Waals surface area contributed by atoms with E-state index in [0.717, 1.165) is 0 Å². The van der Waals surface area contributed by atoms with Crippen LogP contribution >= 0.6 is 0 Å². The lowest BCUT2D eigenvalue weighted by Crippen LogP contribution is -2.21. The van der Waals surface area contributed by atoms with E-state index >= 15 is 0 Å². The molecule has 0 saturated carbocycles. The average molecular weight is 263 g/mol. The van der Waals surface area contributed by atoms with Crippen LogP contribution in [0.15, 0.2) is 48.5 Å². The van der Waals surface area contributed by atoms with Gasteiger partial charge in [-0.05, 0) is 18.2 Å². The van der Waals surface area contributed by atoms with Crippen LogP contribution in [-0.2, 0) is 6.54 Å². The molecular weight excluding hydrogens is 248 g/mol. The Morgan fingerprint density at radius 3 is 2.32 bits per heavy atom. The molecule has 2 nitrogen and oxygen atoms in total. The SMILES string of the molecule is Fc1ccccc1CNCCOc1ccccc1F. The summed E-state index contributed by atoms with van der Waals surface area (Å²) in [6, 6.07) is 12.8. The van der Waals surface area contributed by atoms with Gasteiger partial charge in [0.1, 0.15) is 12.4 Å². The first-order chi connectivity index (χ1) is 9.27. The lowest BCUT2D eigenvalue weighted by atomic mass is 10.2. The van der Waals surface area contributed by atoms with Gasteiger partial charge in [0.05, 0.1) is 0 Å². The third kappa shape index (κ3) is 4.03. The summed E-state index contributed by atoms with van der Waals surface area (Å²) in [6.45, 7) is 1.27. The second-order valence-corrected chi connectivity index (χ2v) is 4.05. The monoisotopic (exact) mass is 263 g/mol. The maximum Gasteiger partial charge on any atom is 0.165 e. The van der Waals surface area contributed by atoms with Crippen molar-refractivity contribution in [1.29, 1.82) is 0 Å². The molecule has 0 fully saturated rings. The van der Waals surface area contributed by atoms with E-state index < -0.39 is 0 Å². The van der Waals surface area contributed by atoms with Crippen LogP contribution in [0.2, 0.25) is 0 Å². The maximum atomic E-state index is 13.3. The molecule has 0 aliphatic rings. The molecule has 0 aliphatic carbocycles. The highest BCUT2D eigenvalue weighted by Gasteiger charge is 2.01. The summed E-state index contributed by atoms with van der Waals surface area (Å²) < 4.78 is 31.8. The fourth-order valence-corrected chi connectivity index (χ4v) is 1.66. The van der Waals surface area contributed by atoms with Crippen LogP contribution in [-0.4, -0.2) is 13.2 Å². The first kappa shape index (κ1) is 13.5. The number of rotatable bonds is 6. The largest absolute Gasteiger partial charge is 0.489 e. The van der Waals surface area contributed by atoms with E-state index in [9.17, 15) is 8.78 Å². The van der Waals surface area contributed by atoms with Crippen molar-refractivity contribution in [1.82, 2.24) is 5.32 Å². The molecule has 100 valence electrons. The lowest BCUT2D eigenvalue weighted by molar-refractivity contribution is 0.298. The highest BCUT2D eigenvalue weighted by molar-refractivity contribution is 5.23. The summed E-state index contributed by atoms with van der Waals surface area (Å²) in [6.07, 6.45) is 0. The summed E-state index contributed by atoms with van der Waals surface area (Å²) in [7, 11) is 0. The summed E-state index contributed by atoms with van der Waals surface area (Å²) in [4.78, 5) is 0. The molecule has 19 heavy (non-hydrogen) atoms. The summed E-state index contributed by atoms with van der Waals surface area (Å²) in [5.74, 6) is -0.378. The van der Waals surface area contributed by atoms with E-state index in [1.807, 2.05) is 0 Å². The fourth-order valence-electron chi connectivity index (χ4n) is 1.66. The van der Waals surface area contributed by atoms with Crippen molar-refractivity contribution in [2.75, 3.05) is 13.2 Å². The van der Waals surface area contributed by atoms with Crippen molar-refractivity contribution in [3.8, 4) is 5.75 Å². The van der Waals surface area contributed by atoms with Crippen molar-refractivity contribution in [2.45, 2.75) is 6.54 Å². The van der Waals surface area contributed by atoms with E-state index in [2.05, 4.69) is 5.32 Å². The molecule has 0 spiro atoms. The zero-order valence-corrected chi connectivity index (χ0v) is 10.4. The Hall–Kier alpha value is -1.94. The Morgan fingerprint density at radius 2 is 1.58 bits per heavy atom. The molecule has 0 bridgehead atoms. The van der Waals surface area contributed by atoms with E-state index in [4.69, 9.17) is 4.74 Å². The van der Waals surface area contributed by atoms with Crippen molar-refractivity contribution in [2.24, 2.45) is 0 Å². The molecule has 0 amide bonds. The normalized spacial score (nSPS) is 10.4. The van der Waals surface area contributed by atoms with Crippen molar-refractivity contribution in [3.63, 3.8) is 0 Å². The molecule has 4 heteroatoms. The van der Waals surface area contributed by atoms with Crippen molar-refractivity contribution < 1.29 is 13.5 Å². The second-order valence-electron chi connectivity index (χ2n) is 4.05. The molecule has 2 rings (SSSR count). The van der Waals surface area contributed by atoms with Gasteiger partial charge in [0, 0.05) is 18.7 Å². The van der Waals surface area contributed by atoms with Gasteiger partial charge in [0.25, 0.3) is 0 Å². The Labute approximate surface area is 111 Å². The van der Waals surface area contributed by atoms with Crippen molar-refractivity contribution in [3.05, 3.63) is 65.7 Å². The molecule has 0 aliphatic heterocycles. The second kappa shape index (κ2) is 6.85. The molecule has 1 N–H and O–H groups in total. The minimum Gasteiger partial charge on any atom is -0.489 e. The highest BCUT2D eigenvalue weighted by atomic mass is 19.1. The van der Waals surface area contributed by atoms with Crippen LogP contribution in [0.25, 0.3) is 0 Å². The molecule has 0 heterocycles. The van der Waals surface area contributed by atoms with E-state index in [1.165, 1.54) is 12.1 Å². The Morgan fingerprint density at radius 1 is 0.895 bits per heavy atom. The summed E-state index contributed by atoms with van der Waals surface area (Å²) >= 11 is 0. The van der Waals surface area contributed by atoms with Crippen molar-refractivity contribution >= 4 is 0 Å². The van der Waals surface area contributed by atoms with E-state index in [1.54, 1.807) is 36.4 Å². The van der Waals surface area contributed by atoms with Gasteiger partial charge in [0.15, 0.2) is 11.6 Å². The number of hydrogen-bond acceptors (Lipinski definition) is 2. The molecule has 0 atom stereocenters. The number of ether oxygens (including phenoxy) is 1. The summed E-state index contributed by atoms with van der Waals surface area (Å²) in [5.41, 5.74) is 0.605. The smallest absolute Gasteiger partial charge is 0.165 e. The van der Waals surface area contributed by atoms with Crippen LogP contribution in [0.5, 0.6) is 5.75 Å². The van der Waals surface area contributed by atoms with Crippen LogP contribution in [0.1, 0.15) is 5.56 Å². The molecule has 0 radical (unpaired) electrons. The Balaban J connectivity index is 1.71. The van der Waals surface area contributed by atoms with Gasteiger partial charge >= 0.3 is 0 Å².